The van der Waals surface area contributed by atoms with Gasteiger partial charge in [0.05, 0.1) is 6.04 Å². The van der Waals surface area contributed by atoms with Gasteiger partial charge in [-0.25, -0.2) is 4.79 Å². The maximum absolute atomic E-state index is 12.7. The van der Waals surface area contributed by atoms with Crippen LogP contribution in [0, 0.1) is 5.92 Å². The van der Waals surface area contributed by atoms with Gasteiger partial charge in [0.25, 0.3) is 0 Å². The number of thiol groups is 1. The van der Waals surface area contributed by atoms with Gasteiger partial charge in [-0.3, -0.25) is 24.2 Å². The standard InChI is InChI=1S/C19H35N7O7S/c1-9(2)14(20)17(31)26-12(8-34)16(30)24-10(4-3-7-23-19(21)22)15(29)25-11(18(32)33)5-6-13(27)28/h9-12,14,34H,3-8,20H2,1-2H3,(H,24,30)(H,25,29)(H,26,31)(H,27,28)(H,32,33)(H4,21,22,23). The van der Waals surface area contributed by atoms with Crippen LogP contribution in [0.4, 0.5) is 0 Å². The second-order valence-corrected chi connectivity index (χ2v) is 8.22. The smallest absolute Gasteiger partial charge is 0.326 e. The van der Waals surface area contributed by atoms with Crippen molar-refractivity contribution in [3.63, 3.8) is 0 Å². The Labute approximate surface area is 202 Å². The summed E-state index contributed by atoms with van der Waals surface area (Å²) in [6.45, 7) is 3.61. The molecule has 11 N–H and O–H groups in total. The Kier molecular flexibility index (Phi) is 14.3. The van der Waals surface area contributed by atoms with E-state index < -0.39 is 60.2 Å². The molecule has 0 radical (unpaired) electrons. The molecule has 194 valence electrons. The number of rotatable bonds is 16. The lowest BCUT2D eigenvalue weighted by Gasteiger charge is -2.25. The first-order chi connectivity index (χ1) is 15.8. The molecule has 0 saturated carbocycles. The van der Waals surface area contributed by atoms with Crippen LogP contribution in [0.3, 0.4) is 0 Å². The van der Waals surface area contributed by atoms with Crippen LogP contribution in [0.15, 0.2) is 4.99 Å². The zero-order valence-corrected chi connectivity index (χ0v) is 20.1. The summed E-state index contributed by atoms with van der Waals surface area (Å²) in [5, 5.41) is 25.2. The molecule has 0 spiro atoms. The molecular weight excluding hydrogens is 470 g/mol. The molecule has 0 bridgehead atoms. The van der Waals surface area contributed by atoms with Crippen molar-refractivity contribution in [3.8, 4) is 0 Å². The Morgan fingerprint density at radius 2 is 1.41 bits per heavy atom. The highest BCUT2D eigenvalue weighted by atomic mass is 32.1. The van der Waals surface area contributed by atoms with Gasteiger partial charge in [-0.15, -0.1) is 0 Å². The molecule has 0 rings (SSSR count). The van der Waals surface area contributed by atoms with Gasteiger partial charge in [0.15, 0.2) is 5.96 Å². The van der Waals surface area contributed by atoms with E-state index in [0.717, 1.165) is 0 Å². The van der Waals surface area contributed by atoms with Crippen LogP contribution < -0.4 is 33.2 Å². The van der Waals surface area contributed by atoms with Crippen molar-refractivity contribution >= 4 is 48.2 Å². The number of carboxylic acid groups (broad SMARTS) is 2. The number of carbonyl (C=O) groups is 5. The van der Waals surface area contributed by atoms with Crippen molar-refractivity contribution in [2.75, 3.05) is 12.3 Å². The molecule has 0 aromatic heterocycles. The van der Waals surface area contributed by atoms with Crippen LogP contribution in [0.2, 0.25) is 0 Å². The zero-order chi connectivity index (χ0) is 26.4. The third-order valence-electron chi connectivity index (χ3n) is 4.68. The van der Waals surface area contributed by atoms with Gasteiger partial charge in [-0.2, -0.15) is 12.6 Å². The van der Waals surface area contributed by atoms with Crippen LogP contribution in [0.25, 0.3) is 0 Å². The van der Waals surface area contributed by atoms with E-state index >= 15 is 0 Å². The molecule has 0 aromatic rings. The zero-order valence-electron chi connectivity index (χ0n) is 19.2. The van der Waals surface area contributed by atoms with Crippen molar-refractivity contribution in [2.45, 2.75) is 63.7 Å². The van der Waals surface area contributed by atoms with Crippen molar-refractivity contribution in [3.05, 3.63) is 0 Å². The highest BCUT2D eigenvalue weighted by molar-refractivity contribution is 7.80. The minimum atomic E-state index is -1.48. The number of hydrogen-bond donors (Lipinski definition) is 9. The fourth-order valence-electron chi connectivity index (χ4n) is 2.61. The molecule has 0 aliphatic rings. The van der Waals surface area contributed by atoms with Gasteiger partial charge in [-0.1, -0.05) is 13.8 Å². The molecule has 3 amide bonds. The molecule has 4 atom stereocenters. The van der Waals surface area contributed by atoms with Crippen LogP contribution in [-0.4, -0.2) is 82.3 Å². The van der Waals surface area contributed by atoms with Crippen LogP contribution in [0.5, 0.6) is 0 Å². The lowest BCUT2D eigenvalue weighted by Crippen LogP contribution is -2.58. The van der Waals surface area contributed by atoms with Gasteiger partial charge >= 0.3 is 11.9 Å². The Morgan fingerprint density at radius 1 is 0.882 bits per heavy atom. The molecule has 0 fully saturated rings. The average Bonchev–Trinajstić information content (AvgIpc) is 2.75. The quantitative estimate of drug-likeness (QED) is 0.0456. The van der Waals surface area contributed by atoms with E-state index in [4.69, 9.17) is 22.3 Å². The van der Waals surface area contributed by atoms with E-state index in [9.17, 15) is 29.1 Å². The first-order valence-corrected chi connectivity index (χ1v) is 11.2. The highest BCUT2D eigenvalue weighted by Gasteiger charge is 2.30. The summed E-state index contributed by atoms with van der Waals surface area (Å²) in [5.74, 6) is -5.25. The summed E-state index contributed by atoms with van der Waals surface area (Å²) in [6.07, 6.45) is -0.562. The van der Waals surface area contributed by atoms with Crippen molar-refractivity contribution in [1.82, 2.24) is 16.0 Å². The molecule has 34 heavy (non-hydrogen) atoms. The number of nitrogens with one attached hydrogen (secondary N) is 3. The monoisotopic (exact) mass is 505 g/mol. The fourth-order valence-corrected chi connectivity index (χ4v) is 2.86. The van der Waals surface area contributed by atoms with Crippen LogP contribution in [0.1, 0.15) is 39.5 Å². The number of carbonyl (C=O) groups excluding carboxylic acids is 3. The number of nitrogens with zero attached hydrogens (tertiary/aromatic N) is 1. The number of aliphatic carboxylic acids is 2. The summed E-state index contributed by atoms with van der Waals surface area (Å²) in [6, 6.07) is -4.67. The Morgan fingerprint density at radius 3 is 1.88 bits per heavy atom. The summed E-state index contributed by atoms with van der Waals surface area (Å²) in [4.78, 5) is 63.7. The van der Waals surface area contributed by atoms with E-state index in [1.807, 2.05) is 0 Å². The third-order valence-corrected chi connectivity index (χ3v) is 5.04. The minimum absolute atomic E-state index is 0.0262. The molecule has 0 saturated heterocycles. The molecule has 0 heterocycles. The van der Waals surface area contributed by atoms with Gasteiger partial charge in [0.2, 0.25) is 17.7 Å². The second kappa shape index (κ2) is 15.7. The molecule has 0 aromatic carbocycles. The van der Waals surface area contributed by atoms with E-state index in [0.29, 0.717) is 0 Å². The molecule has 14 nitrogen and oxygen atoms in total. The predicted octanol–water partition coefficient (Wildman–Crippen LogP) is -2.64. The Hall–Kier alpha value is -3.07. The molecule has 0 aliphatic carbocycles. The van der Waals surface area contributed by atoms with Gasteiger partial charge in [-0.05, 0) is 25.2 Å². The minimum Gasteiger partial charge on any atom is -0.481 e. The van der Waals surface area contributed by atoms with E-state index in [2.05, 4.69) is 33.6 Å². The van der Waals surface area contributed by atoms with E-state index in [1.54, 1.807) is 13.8 Å². The first-order valence-electron chi connectivity index (χ1n) is 10.6. The molecule has 0 aliphatic heterocycles. The number of hydrogen-bond acceptors (Lipinski definition) is 8. The number of aliphatic imine (C=N–C) groups is 1. The largest absolute Gasteiger partial charge is 0.481 e. The van der Waals surface area contributed by atoms with Gasteiger partial charge < -0.3 is 43.4 Å². The van der Waals surface area contributed by atoms with E-state index in [1.165, 1.54) is 0 Å². The summed E-state index contributed by atoms with van der Waals surface area (Å²) in [7, 11) is 0. The number of amides is 3. The normalized spacial score (nSPS) is 14.3. The van der Waals surface area contributed by atoms with Crippen molar-refractivity contribution < 1.29 is 34.2 Å². The maximum atomic E-state index is 12.7. The molecule has 15 heteroatoms. The third kappa shape index (κ3) is 12.2. The summed E-state index contributed by atoms with van der Waals surface area (Å²) in [5.41, 5.74) is 16.3. The van der Waals surface area contributed by atoms with Gasteiger partial charge in [0.1, 0.15) is 18.1 Å². The van der Waals surface area contributed by atoms with Crippen LogP contribution in [-0.2, 0) is 24.0 Å². The Balaban J connectivity index is 5.44. The van der Waals surface area contributed by atoms with E-state index in [-0.39, 0.29) is 43.4 Å². The summed E-state index contributed by atoms with van der Waals surface area (Å²) < 4.78 is 0. The SMILES string of the molecule is CC(C)C(N)C(=O)NC(CS)C(=O)NC(CCCN=C(N)N)C(=O)NC(CCC(=O)O)C(=O)O. The highest BCUT2D eigenvalue weighted by Crippen LogP contribution is 2.05. The number of nitrogens with two attached hydrogens (primary N) is 3. The number of guanidine groups is 1. The maximum Gasteiger partial charge on any atom is 0.326 e. The lowest BCUT2D eigenvalue weighted by molar-refractivity contribution is -0.143. The van der Waals surface area contributed by atoms with Crippen LogP contribution >= 0.6 is 12.6 Å². The Bertz CT molecular complexity index is 759. The first kappa shape index (κ1) is 30.9. The molecular formula is C19H35N7O7S. The lowest BCUT2D eigenvalue weighted by atomic mass is 10.0. The second-order valence-electron chi connectivity index (χ2n) is 7.86. The fraction of sp³-hybridized carbons (Fsp3) is 0.684. The van der Waals surface area contributed by atoms with Gasteiger partial charge in [0, 0.05) is 18.7 Å². The average molecular weight is 506 g/mol. The molecule has 4 unspecified atom stereocenters. The summed E-state index contributed by atoms with van der Waals surface area (Å²) >= 11 is 4.07. The predicted molar refractivity (Wildman–Crippen MR) is 127 cm³/mol. The van der Waals surface area contributed by atoms with Crippen molar-refractivity contribution in [1.29, 1.82) is 0 Å². The van der Waals surface area contributed by atoms with Crippen molar-refractivity contribution in [2.24, 2.45) is 28.1 Å². The number of carboxylic acids is 2. The topological polar surface area (TPSA) is 252 Å².